The van der Waals surface area contributed by atoms with Crippen LogP contribution in [0.5, 0.6) is 0 Å². The lowest BCUT2D eigenvalue weighted by Gasteiger charge is -2.37. The molecular formula is C24H26F3NO3. The number of aliphatic hydroxyl groups is 1. The van der Waals surface area contributed by atoms with Crippen LogP contribution in [0, 0.1) is 6.92 Å². The molecule has 1 aliphatic heterocycles. The minimum absolute atomic E-state index is 0.0616. The summed E-state index contributed by atoms with van der Waals surface area (Å²) in [4.78, 5) is 27.0. The molecule has 7 heteroatoms. The maximum Gasteiger partial charge on any atom is 0.416 e. The molecule has 0 bridgehead atoms. The highest BCUT2D eigenvalue weighted by Gasteiger charge is 2.39. The number of hydrogen-bond acceptors (Lipinski definition) is 4. The number of Topliss-reactive ketones (excluding diaryl/α,β-unsaturated/α-hetero) is 2. The third-order valence-electron chi connectivity index (χ3n) is 5.81. The van der Waals surface area contributed by atoms with E-state index in [4.69, 9.17) is 0 Å². The fourth-order valence-corrected chi connectivity index (χ4v) is 3.82. The molecule has 2 aromatic rings. The van der Waals surface area contributed by atoms with Crippen LogP contribution < -0.4 is 0 Å². The van der Waals surface area contributed by atoms with E-state index in [-0.39, 0.29) is 23.6 Å². The van der Waals surface area contributed by atoms with Gasteiger partial charge in [-0.15, -0.1) is 0 Å². The van der Waals surface area contributed by atoms with Crippen molar-refractivity contribution in [3.63, 3.8) is 0 Å². The molecule has 1 aliphatic rings. The summed E-state index contributed by atoms with van der Waals surface area (Å²) < 4.78 is 38.4. The van der Waals surface area contributed by atoms with E-state index >= 15 is 0 Å². The van der Waals surface area contributed by atoms with Gasteiger partial charge in [0, 0.05) is 30.6 Å². The second-order valence-corrected chi connectivity index (χ2v) is 8.17. The number of nitrogens with zero attached hydrogens (tertiary/aromatic N) is 1. The molecule has 2 aromatic carbocycles. The van der Waals surface area contributed by atoms with Gasteiger partial charge in [0.1, 0.15) is 5.60 Å². The normalized spacial score (nSPS) is 16.8. The number of benzene rings is 2. The summed E-state index contributed by atoms with van der Waals surface area (Å²) in [7, 11) is 0. The van der Waals surface area contributed by atoms with Crippen LogP contribution in [-0.2, 0) is 6.18 Å². The lowest BCUT2D eigenvalue weighted by atomic mass is 9.84. The van der Waals surface area contributed by atoms with Crippen LogP contribution in [0.1, 0.15) is 57.5 Å². The highest BCUT2D eigenvalue weighted by Crippen LogP contribution is 2.30. The third kappa shape index (κ3) is 5.80. The summed E-state index contributed by atoms with van der Waals surface area (Å²) in [6.45, 7) is 3.55. The van der Waals surface area contributed by atoms with E-state index in [0.717, 1.165) is 17.7 Å². The molecule has 0 aliphatic carbocycles. The van der Waals surface area contributed by atoms with E-state index < -0.39 is 17.3 Å². The van der Waals surface area contributed by atoms with Crippen molar-refractivity contribution < 1.29 is 27.9 Å². The maximum atomic E-state index is 12.8. The summed E-state index contributed by atoms with van der Waals surface area (Å²) in [5, 5.41) is 10.8. The first-order valence-electron chi connectivity index (χ1n) is 10.4. The quantitative estimate of drug-likeness (QED) is 0.644. The molecule has 1 saturated heterocycles. The molecule has 0 amide bonds. The fourth-order valence-electron chi connectivity index (χ4n) is 3.82. The average Bonchev–Trinajstić information content (AvgIpc) is 2.74. The number of ketones is 2. The van der Waals surface area contributed by atoms with Crippen LogP contribution in [0.25, 0.3) is 0 Å². The molecular weight excluding hydrogens is 407 g/mol. The summed E-state index contributed by atoms with van der Waals surface area (Å²) in [6, 6.07) is 11.6. The standard InChI is InChI=1S/C24H26F3NO3/c1-17-7-9-18(10-8-17)22(30)23(31)11-14-28(15-12-23)13-3-6-21(29)19-4-2-5-20(16-19)24(25,26)27/h2,4-5,7-10,16,31H,3,6,11-15H2,1H3. The molecule has 0 saturated carbocycles. The van der Waals surface area contributed by atoms with E-state index in [1.54, 1.807) is 12.1 Å². The summed E-state index contributed by atoms with van der Waals surface area (Å²) in [5.41, 5.74) is -0.621. The first kappa shape index (κ1) is 23.2. The van der Waals surface area contributed by atoms with Crippen molar-refractivity contribution in [2.45, 2.75) is 44.4 Å². The van der Waals surface area contributed by atoms with Crippen molar-refractivity contribution in [1.29, 1.82) is 0 Å². The van der Waals surface area contributed by atoms with Gasteiger partial charge in [0.2, 0.25) is 0 Å². The first-order chi connectivity index (χ1) is 14.6. The molecule has 4 nitrogen and oxygen atoms in total. The summed E-state index contributed by atoms with van der Waals surface area (Å²) in [6.07, 6.45) is -3.22. The Labute approximate surface area is 179 Å². The minimum Gasteiger partial charge on any atom is -0.382 e. The number of aryl methyl sites for hydroxylation is 1. The molecule has 0 atom stereocenters. The van der Waals surface area contributed by atoms with Crippen molar-refractivity contribution in [3.8, 4) is 0 Å². The van der Waals surface area contributed by atoms with Crippen LogP contribution in [0.2, 0.25) is 0 Å². The van der Waals surface area contributed by atoms with Gasteiger partial charge in [-0.2, -0.15) is 13.2 Å². The lowest BCUT2D eigenvalue weighted by molar-refractivity contribution is -0.137. The Morgan fingerprint density at radius 1 is 1.03 bits per heavy atom. The predicted octanol–water partition coefficient (Wildman–Crippen LogP) is 4.69. The van der Waals surface area contributed by atoms with Gasteiger partial charge in [0.05, 0.1) is 5.56 Å². The average molecular weight is 433 g/mol. The zero-order chi connectivity index (χ0) is 22.6. The monoisotopic (exact) mass is 433 g/mol. The van der Waals surface area contributed by atoms with Gasteiger partial charge < -0.3 is 10.0 Å². The van der Waals surface area contributed by atoms with Gasteiger partial charge in [-0.05, 0) is 44.9 Å². The Morgan fingerprint density at radius 3 is 2.29 bits per heavy atom. The largest absolute Gasteiger partial charge is 0.416 e. The second-order valence-electron chi connectivity index (χ2n) is 8.17. The second kappa shape index (κ2) is 9.32. The van der Waals surface area contributed by atoms with Crippen LogP contribution in [0.4, 0.5) is 13.2 Å². The molecule has 0 unspecified atom stereocenters. The van der Waals surface area contributed by atoms with Gasteiger partial charge in [0.15, 0.2) is 11.6 Å². The topological polar surface area (TPSA) is 57.6 Å². The first-order valence-corrected chi connectivity index (χ1v) is 10.4. The number of hydrogen-bond donors (Lipinski definition) is 1. The fraction of sp³-hybridized carbons (Fsp3) is 0.417. The van der Waals surface area contributed by atoms with Crippen molar-refractivity contribution in [1.82, 2.24) is 4.90 Å². The van der Waals surface area contributed by atoms with Crippen molar-refractivity contribution in [2.24, 2.45) is 0 Å². The summed E-state index contributed by atoms with van der Waals surface area (Å²) in [5.74, 6) is -0.596. The molecule has 0 spiro atoms. The molecule has 1 N–H and O–H groups in total. The van der Waals surface area contributed by atoms with E-state index in [2.05, 4.69) is 4.90 Å². The van der Waals surface area contributed by atoms with Crippen LogP contribution in [-0.4, -0.2) is 46.8 Å². The maximum absolute atomic E-state index is 12.8. The Balaban J connectivity index is 1.48. The number of halogens is 3. The number of piperidine rings is 1. The van der Waals surface area contributed by atoms with Gasteiger partial charge in [-0.25, -0.2) is 0 Å². The van der Waals surface area contributed by atoms with Gasteiger partial charge >= 0.3 is 6.18 Å². The highest BCUT2D eigenvalue weighted by molar-refractivity contribution is 6.02. The van der Waals surface area contributed by atoms with E-state index in [1.807, 2.05) is 19.1 Å². The number of carbonyl (C=O) groups excluding carboxylic acids is 2. The van der Waals surface area contributed by atoms with Gasteiger partial charge in [0.25, 0.3) is 0 Å². The molecule has 0 aromatic heterocycles. The summed E-state index contributed by atoms with van der Waals surface area (Å²) >= 11 is 0. The Bertz CT molecular complexity index is 930. The number of alkyl halides is 3. The SMILES string of the molecule is Cc1ccc(C(=O)C2(O)CCN(CCCC(=O)c3cccc(C(F)(F)F)c3)CC2)cc1. The molecule has 3 rings (SSSR count). The van der Waals surface area contributed by atoms with Crippen LogP contribution in [0.15, 0.2) is 48.5 Å². The third-order valence-corrected chi connectivity index (χ3v) is 5.81. The van der Waals surface area contributed by atoms with E-state index in [0.29, 0.717) is 44.5 Å². The zero-order valence-electron chi connectivity index (χ0n) is 17.4. The molecule has 31 heavy (non-hydrogen) atoms. The van der Waals surface area contributed by atoms with Crippen molar-refractivity contribution in [3.05, 3.63) is 70.8 Å². The van der Waals surface area contributed by atoms with Crippen LogP contribution in [0.3, 0.4) is 0 Å². The molecule has 1 fully saturated rings. The van der Waals surface area contributed by atoms with Crippen molar-refractivity contribution >= 4 is 11.6 Å². The number of carbonyl (C=O) groups is 2. The van der Waals surface area contributed by atoms with Gasteiger partial charge in [-0.3, -0.25) is 9.59 Å². The smallest absolute Gasteiger partial charge is 0.382 e. The highest BCUT2D eigenvalue weighted by atomic mass is 19.4. The zero-order valence-corrected chi connectivity index (χ0v) is 17.4. The Morgan fingerprint density at radius 2 is 1.68 bits per heavy atom. The lowest BCUT2D eigenvalue weighted by Crippen LogP contribution is -2.49. The van der Waals surface area contributed by atoms with Gasteiger partial charge in [-0.1, -0.05) is 42.0 Å². The Hall–Kier alpha value is -2.51. The Kier molecular flexibility index (Phi) is 6.96. The molecule has 1 heterocycles. The minimum atomic E-state index is -4.48. The number of rotatable bonds is 7. The van der Waals surface area contributed by atoms with E-state index in [9.17, 15) is 27.9 Å². The predicted molar refractivity (Wildman–Crippen MR) is 111 cm³/mol. The van der Waals surface area contributed by atoms with Crippen molar-refractivity contribution in [2.75, 3.05) is 19.6 Å². The molecule has 166 valence electrons. The molecule has 0 radical (unpaired) electrons. The van der Waals surface area contributed by atoms with E-state index in [1.165, 1.54) is 12.1 Å². The number of likely N-dealkylation sites (tertiary alicyclic amines) is 1. The van der Waals surface area contributed by atoms with Crippen LogP contribution >= 0.6 is 0 Å².